The predicted octanol–water partition coefficient (Wildman–Crippen LogP) is 1.43. The van der Waals surface area contributed by atoms with E-state index in [9.17, 15) is 9.90 Å². The van der Waals surface area contributed by atoms with Crippen LogP contribution in [0.1, 0.15) is 56.8 Å². The number of nitrogens with one attached hydrogen (secondary N) is 2. The van der Waals surface area contributed by atoms with Crippen LogP contribution in [0.4, 0.5) is 4.79 Å². The van der Waals surface area contributed by atoms with Gasteiger partial charge in [0.2, 0.25) is 5.89 Å². The standard InChI is InChI=1S/C13H22N4O3/c1-3-10(11-15-9(2)20-17-11)16-12(18)14-8-13(19)6-4-5-7-13/h10,19H,3-8H2,1-2H3,(H2,14,16,18). The Morgan fingerprint density at radius 1 is 1.50 bits per heavy atom. The lowest BCUT2D eigenvalue weighted by molar-refractivity contribution is 0.0500. The monoisotopic (exact) mass is 282 g/mol. The molecular formula is C13H22N4O3. The Morgan fingerprint density at radius 2 is 2.20 bits per heavy atom. The van der Waals surface area contributed by atoms with Gasteiger partial charge in [-0.05, 0) is 19.3 Å². The lowest BCUT2D eigenvalue weighted by Gasteiger charge is -2.23. The highest BCUT2D eigenvalue weighted by Crippen LogP contribution is 2.28. The highest BCUT2D eigenvalue weighted by molar-refractivity contribution is 5.74. The van der Waals surface area contributed by atoms with E-state index in [0.29, 0.717) is 18.1 Å². The normalized spacial score (nSPS) is 18.8. The summed E-state index contributed by atoms with van der Waals surface area (Å²) < 4.78 is 4.91. The topological polar surface area (TPSA) is 100 Å². The fraction of sp³-hybridized carbons (Fsp3) is 0.769. The SMILES string of the molecule is CCC(NC(=O)NCC1(O)CCCC1)c1noc(C)n1. The molecule has 1 aromatic heterocycles. The molecular weight excluding hydrogens is 260 g/mol. The summed E-state index contributed by atoms with van der Waals surface area (Å²) in [6.45, 7) is 3.92. The Hall–Kier alpha value is -1.63. The molecule has 1 unspecified atom stereocenters. The Kier molecular flexibility index (Phi) is 4.59. The molecule has 1 heterocycles. The van der Waals surface area contributed by atoms with Crippen molar-refractivity contribution in [3.8, 4) is 0 Å². The van der Waals surface area contributed by atoms with Crippen molar-refractivity contribution in [1.29, 1.82) is 0 Å². The lowest BCUT2D eigenvalue weighted by atomic mass is 10.0. The van der Waals surface area contributed by atoms with Gasteiger partial charge in [-0.1, -0.05) is 24.9 Å². The Labute approximate surface area is 118 Å². The van der Waals surface area contributed by atoms with Gasteiger partial charge in [-0.3, -0.25) is 0 Å². The maximum absolute atomic E-state index is 11.9. The summed E-state index contributed by atoms with van der Waals surface area (Å²) in [5.74, 6) is 0.945. The average Bonchev–Trinajstić information content (AvgIpc) is 3.03. The number of carbonyl (C=O) groups is 1. The van der Waals surface area contributed by atoms with E-state index in [-0.39, 0.29) is 18.6 Å². The van der Waals surface area contributed by atoms with Crippen LogP contribution in [0.15, 0.2) is 4.52 Å². The van der Waals surface area contributed by atoms with Crippen LogP contribution in [0.3, 0.4) is 0 Å². The van der Waals surface area contributed by atoms with E-state index in [2.05, 4.69) is 20.8 Å². The van der Waals surface area contributed by atoms with Gasteiger partial charge in [-0.2, -0.15) is 4.98 Å². The molecule has 0 bridgehead atoms. The number of carbonyl (C=O) groups excluding carboxylic acids is 1. The molecule has 2 amide bonds. The van der Waals surface area contributed by atoms with Crippen LogP contribution in [-0.2, 0) is 0 Å². The molecule has 1 saturated carbocycles. The van der Waals surface area contributed by atoms with Crippen LogP contribution in [-0.4, -0.2) is 33.4 Å². The third kappa shape index (κ3) is 3.69. The number of nitrogens with zero attached hydrogens (tertiary/aromatic N) is 2. The summed E-state index contributed by atoms with van der Waals surface area (Å²) in [5.41, 5.74) is -0.748. The van der Waals surface area contributed by atoms with Gasteiger partial charge in [-0.15, -0.1) is 0 Å². The van der Waals surface area contributed by atoms with E-state index in [1.165, 1.54) is 0 Å². The van der Waals surface area contributed by atoms with Gasteiger partial charge < -0.3 is 20.3 Å². The molecule has 2 rings (SSSR count). The molecule has 1 aromatic rings. The summed E-state index contributed by atoms with van der Waals surface area (Å²) >= 11 is 0. The summed E-state index contributed by atoms with van der Waals surface area (Å²) in [5, 5.41) is 19.5. The van der Waals surface area contributed by atoms with Gasteiger partial charge in [0, 0.05) is 13.5 Å². The molecule has 7 nitrogen and oxygen atoms in total. The average molecular weight is 282 g/mol. The molecule has 7 heteroatoms. The van der Waals surface area contributed by atoms with Gasteiger partial charge in [0.15, 0.2) is 5.82 Å². The fourth-order valence-corrected chi connectivity index (χ4v) is 2.47. The predicted molar refractivity (Wildman–Crippen MR) is 72.0 cm³/mol. The first-order chi connectivity index (χ1) is 9.52. The van der Waals surface area contributed by atoms with Crippen LogP contribution < -0.4 is 10.6 Å². The number of aryl methyl sites for hydroxylation is 1. The van der Waals surface area contributed by atoms with Crippen LogP contribution in [0, 0.1) is 6.92 Å². The van der Waals surface area contributed by atoms with Crippen molar-refractivity contribution < 1.29 is 14.4 Å². The molecule has 1 aliphatic rings. The second-order valence-electron chi connectivity index (χ2n) is 5.39. The Balaban J connectivity index is 1.83. The highest BCUT2D eigenvalue weighted by Gasteiger charge is 2.31. The van der Waals surface area contributed by atoms with Gasteiger partial charge >= 0.3 is 6.03 Å². The summed E-state index contributed by atoms with van der Waals surface area (Å²) in [6, 6.07) is -0.606. The van der Waals surface area contributed by atoms with Crippen molar-refractivity contribution in [3.05, 3.63) is 11.7 Å². The van der Waals surface area contributed by atoms with E-state index < -0.39 is 5.60 Å². The van der Waals surface area contributed by atoms with E-state index in [0.717, 1.165) is 25.7 Å². The van der Waals surface area contributed by atoms with Crippen molar-refractivity contribution in [2.75, 3.05) is 6.54 Å². The third-order valence-corrected chi connectivity index (χ3v) is 3.68. The van der Waals surface area contributed by atoms with Gasteiger partial charge in [0.05, 0.1) is 11.6 Å². The van der Waals surface area contributed by atoms with E-state index in [1.54, 1.807) is 6.92 Å². The van der Waals surface area contributed by atoms with E-state index >= 15 is 0 Å². The highest BCUT2D eigenvalue weighted by atomic mass is 16.5. The van der Waals surface area contributed by atoms with Crippen LogP contribution in [0.2, 0.25) is 0 Å². The van der Waals surface area contributed by atoms with Gasteiger partial charge in [0.1, 0.15) is 0 Å². The zero-order valence-electron chi connectivity index (χ0n) is 12.0. The first kappa shape index (κ1) is 14.8. The van der Waals surface area contributed by atoms with Crippen molar-refractivity contribution >= 4 is 6.03 Å². The second kappa shape index (κ2) is 6.21. The Morgan fingerprint density at radius 3 is 2.75 bits per heavy atom. The van der Waals surface area contributed by atoms with Crippen molar-refractivity contribution in [1.82, 2.24) is 20.8 Å². The number of hydrogen-bond donors (Lipinski definition) is 3. The summed E-state index contributed by atoms with van der Waals surface area (Å²) in [6.07, 6.45) is 4.18. The number of aliphatic hydroxyl groups is 1. The lowest BCUT2D eigenvalue weighted by Crippen LogP contribution is -2.46. The largest absolute Gasteiger partial charge is 0.388 e. The minimum Gasteiger partial charge on any atom is -0.388 e. The zero-order chi connectivity index (χ0) is 14.6. The number of rotatable bonds is 5. The molecule has 3 N–H and O–H groups in total. The second-order valence-corrected chi connectivity index (χ2v) is 5.39. The van der Waals surface area contributed by atoms with Crippen LogP contribution in [0.5, 0.6) is 0 Å². The molecule has 1 atom stereocenters. The number of urea groups is 1. The molecule has 0 saturated heterocycles. The molecule has 0 radical (unpaired) electrons. The van der Waals surface area contributed by atoms with E-state index in [1.807, 2.05) is 6.92 Å². The maximum atomic E-state index is 11.9. The third-order valence-electron chi connectivity index (χ3n) is 3.68. The summed E-state index contributed by atoms with van der Waals surface area (Å²) in [4.78, 5) is 16.0. The molecule has 1 fully saturated rings. The quantitative estimate of drug-likeness (QED) is 0.758. The minimum atomic E-state index is -0.748. The molecule has 20 heavy (non-hydrogen) atoms. The Bertz CT molecular complexity index is 454. The smallest absolute Gasteiger partial charge is 0.315 e. The summed E-state index contributed by atoms with van der Waals surface area (Å²) in [7, 11) is 0. The fourth-order valence-electron chi connectivity index (χ4n) is 2.47. The van der Waals surface area contributed by atoms with Gasteiger partial charge in [0.25, 0.3) is 0 Å². The minimum absolute atomic E-state index is 0.278. The number of aromatic nitrogens is 2. The molecule has 112 valence electrons. The maximum Gasteiger partial charge on any atom is 0.315 e. The molecule has 0 aromatic carbocycles. The van der Waals surface area contributed by atoms with Crippen molar-refractivity contribution in [3.63, 3.8) is 0 Å². The first-order valence-corrected chi connectivity index (χ1v) is 7.09. The molecule has 1 aliphatic carbocycles. The van der Waals surface area contributed by atoms with Gasteiger partial charge in [-0.25, -0.2) is 4.79 Å². The van der Waals surface area contributed by atoms with Crippen LogP contribution >= 0.6 is 0 Å². The molecule has 0 aliphatic heterocycles. The zero-order valence-corrected chi connectivity index (χ0v) is 12.0. The van der Waals surface area contributed by atoms with Crippen molar-refractivity contribution in [2.45, 2.75) is 57.6 Å². The van der Waals surface area contributed by atoms with E-state index in [4.69, 9.17) is 4.52 Å². The number of hydrogen-bond acceptors (Lipinski definition) is 5. The van der Waals surface area contributed by atoms with Crippen molar-refractivity contribution in [2.24, 2.45) is 0 Å². The number of amides is 2. The molecule has 0 spiro atoms. The first-order valence-electron chi connectivity index (χ1n) is 7.09. The van der Waals surface area contributed by atoms with Crippen LogP contribution in [0.25, 0.3) is 0 Å².